The number of fused-ring (bicyclic) bond motifs is 1. The second kappa shape index (κ2) is 8.68. The summed E-state index contributed by atoms with van der Waals surface area (Å²) in [5.74, 6) is -1.04. The molecule has 0 spiro atoms. The highest BCUT2D eigenvalue weighted by Crippen LogP contribution is 2.22. The summed E-state index contributed by atoms with van der Waals surface area (Å²) in [6, 6.07) is 13.6. The van der Waals surface area contributed by atoms with Crippen LogP contribution in [-0.2, 0) is 9.59 Å². The minimum Gasteiger partial charge on any atom is -0.350 e. The molecule has 150 valence electrons. The third-order valence-corrected chi connectivity index (χ3v) is 4.83. The van der Waals surface area contributed by atoms with Crippen molar-refractivity contribution in [1.29, 1.82) is 0 Å². The van der Waals surface area contributed by atoms with Crippen molar-refractivity contribution >= 4 is 29.3 Å². The van der Waals surface area contributed by atoms with Crippen molar-refractivity contribution in [3.8, 4) is 0 Å². The van der Waals surface area contributed by atoms with E-state index in [1.807, 2.05) is 19.1 Å². The Balaban J connectivity index is 1.53. The highest BCUT2D eigenvalue weighted by atomic mass is 16.2. The molecule has 0 bridgehead atoms. The molecule has 1 aliphatic heterocycles. The molecule has 1 aliphatic rings. The monoisotopic (exact) mass is 393 g/mol. The van der Waals surface area contributed by atoms with Crippen LogP contribution in [0.4, 0.5) is 5.69 Å². The SMILES string of the molecule is CCC(=O)Nc1ccc(C(C)NC(=O)CCN2C(=O)c3ccccc3C2=O)cc1. The number of carbonyl (C=O) groups is 4. The fraction of sp³-hybridized carbons (Fsp3) is 0.273. The van der Waals surface area contributed by atoms with Gasteiger partial charge in [-0.2, -0.15) is 0 Å². The lowest BCUT2D eigenvalue weighted by Gasteiger charge is -2.17. The Morgan fingerprint density at radius 1 is 0.931 bits per heavy atom. The maximum Gasteiger partial charge on any atom is 0.261 e. The molecule has 0 saturated carbocycles. The molecule has 7 nitrogen and oxygen atoms in total. The van der Waals surface area contributed by atoms with Gasteiger partial charge in [0.1, 0.15) is 0 Å². The van der Waals surface area contributed by atoms with Crippen molar-refractivity contribution in [2.45, 2.75) is 32.7 Å². The number of hydrogen-bond donors (Lipinski definition) is 2. The second-order valence-corrected chi connectivity index (χ2v) is 6.87. The van der Waals surface area contributed by atoms with Crippen LogP contribution in [0.2, 0.25) is 0 Å². The molecule has 1 atom stereocenters. The number of nitrogens with zero attached hydrogens (tertiary/aromatic N) is 1. The summed E-state index contributed by atoms with van der Waals surface area (Å²) in [6.45, 7) is 3.66. The zero-order chi connectivity index (χ0) is 21.0. The van der Waals surface area contributed by atoms with E-state index in [0.29, 0.717) is 23.2 Å². The van der Waals surface area contributed by atoms with E-state index in [4.69, 9.17) is 0 Å². The maximum absolute atomic E-state index is 12.3. The van der Waals surface area contributed by atoms with Crippen LogP contribution in [-0.4, -0.2) is 35.1 Å². The Hall–Kier alpha value is -3.48. The van der Waals surface area contributed by atoms with Crippen molar-refractivity contribution in [2.24, 2.45) is 0 Å². The normalized spacial score (nSPS) is 13.8. The molecule has 2 N–H and O–H groups in total. The lowest BCUT2D eigenvalue weighted by molar-refractivity contribution is -0.121. The first-order chi connectivity index (χ1) is 13.9. The van der Waals surface area contributed by atoms with Crippen molar-refractivity contribution in [1.82, 2.24) is 10.2 Å². The third kappa shape index (κ3) is 4.51. The van der Waals surface area contributed by atoms with Crippen molar-refractivity contribution < 1.29 is 19.2 Å². The summed E-state index contributed by atoms with van der Waals surface area (Å²) in [6.07, 6.45) is 0.432. The fourth-order valence-corrected chi connectivity index (χ4v) is 3.16. The Bertz CT molecular complexity index is 918. The van der Waals surface area contributed by atoms with Crippen LogP contribution < -0.4 is 10.6 Å². The van der Waals surface area contributed by atoms with Crippen LogP contribution in [0.1, 0.15) is 59.0 Å². The molecule has 4 amide bonds. The van der Waals surface area contributed by atoms with E-state index < -0.39 is 0 Å². The van der Waals surface area contributed by atoms with Gasteiger partial charge < -0.3 is 10.6 Å². The molecular formula is C22H23N3O4. The summed E-state index contributed by atoms with van der Waals surface area (Å²) in [7, 11) is 0. The number of hydrogen-bond acceptors (Lipinski definition) is 4. The topological polar surface area (TPSA) is 95.6 Å². The van der Waals surface area contributed by atoms with Gasteiger partial charge in [0.15, 0.2) is 0 Å². The largest absolute Gasteiger partial charge is 0.350 e. The van der Waals surface area contributed by atoms with Gasteiger partial charge in [-0.15, -0.1) is 0 Å². The zero-order valence-electron chi connectivity index (χ0n) is 16.4. The van der Waals surface area contributed by atoms with E-state index in [2.05, 4.69) is 10.6 Å². The molecule has 2 aromatic rings. The van der Waals surface area contributed by atoms with Gasteiger partial charge in [-0.05, 0) is 36.8 Å². The first-order valence-electron chi connectivity index (χ1n) is 9.55. The summed E-state index contributed by atoms with van der Waals surface area (Å²) < 4.78 is 0. The van der Waals surface area contributed by atoms with Crippen LogP contribution in [0.5, 0.6) is 0 Å². The van der Waals surface area contributed by atoms with Gasteiger partial charge in [0.25, 0.3) is 11.8 Å². The van der Waals surface area contributed by atoms with Gasteiger partial charge in [-0.25, -0.2) is 0 Å². The van der Waals surface area contributed by atoms with Gasteiger partial charge in [-0.1, -0.05) is 31.2 Å². The predicted octanol–water partition coefficient (Wildman–Crippen LogP) is 2.90. The number of nitrogens with one attached hydrogen (secondary N) is 2. The first kappa shape index (κ1) is 20.3. The maximum atomic E-state index is 12.3. The zero-order valence-corrected chi connectivity index (χ0v) is 16.4. The van der Waals surface area contributed by atoms with Gasteiger partial charge in [0.2, 0.25) is 11.8 Å². The van der Waals surface area contributed by atoms with Gasteiger partial charge in [0.05, 0.1) is 17.2 Å². The Kier molecular flexibility index (Phi) is 6.07. The smallest absolute Gasteiger partial charge is 0.261 e. The number of imide groups is 1. The molecule has 3 rings (SSSR count). The Morgan fingerprint density at radius 2 is 1.52 bits per heavy atom. The summed E-state index contributed by atoms with van der Waals surface area (Å²) in [5, 5.41) is 5.64. The summed E-state index contributed by atoms with van der Waals surface area (Å²) >= 11 is 0. The average molecular weight is 393 g/mol. The van der Waals surface area contributed by atoms with Gasteiger partial charge >= 0.3 is 0 Å². The van der Waals surface area contributed by atoms with E-state index in [1.54, 1.807) is 43.3 Å². The number of anilines is 1. The molecular weight excluding hydrogens is 370 g/mol. The van der Waals surface area contributed by atoms with Crippen LogP contribution in [0.15, 0.2) is 48.5 Å². The number of benzene rings is 2. The lowest BCUT2D eigenvalue weighted by atomic mass is 10.1. The third-order valence-electron chi connectivity index (χ3n) is 4.83. The predicted molar refractivity (Wildman–Crippen MR) is 108 cm³/mol. The highest BCUT2D eigenvalue weighted by Gasteiger charge is 2.35. The lowest BCUT2D eigenvalue weighted by Crippen LogP contribution is -2.35. The van der Waals surface area contributed by atoms with Crippen LogP contribution in [0, 0.1) is 0 Å². The molecule has 7 heteroatoms. The van der Waals surface area contributed by atoms with E-state index in [1.165, 1.54) is 0 Å². The van der Waals surface area contributed by atoms with Gasteiger partial charge in [0, 0.05) is 25.1 Å². The van der Waals surface area contributed by atoms with Crippen molar-refractivity contribution in [2.75, 3.05) is 11.9 Å². The summed E-state index contributed by atoms with van der Waals surface area (Å²) in [4.78, 5) is 49.5. The molecule has 0 saturated heterocycles. The molecule has 0 fully saturated rings. The van der Waals surface area contributed by atoms with Crippen molar-refractivity contribution in [3.63, 3.8) is 0 Å². The first-order valence-corrected chi connectivity index (χ1v) is 9.55. The number of carbonyl (C=O) groups excluding carboxylic acids is 4. The highest BCUT2D eigenvalue weighted by molar-refractivity contribution is 6.21. The molecule has 0 aliphatic carbocycles. The van der Waals surface area contributed by atoms with Crippen LogP contribution in [0.25, 0.3) is 0 Å². The van der Waals surface area contributed by atoms with Gasteiger partial charge in [-0.3, -0.25) is 24.1 Å². The molecule has 1 unspecified atom stereocenters. The second-order valence-electron chi connectivity index (χ2n) is 6.87. The minimum atomic E-state index is -0.365. The van der Waals surface area contributed by atoms with E-state index in [-0.39, 0.29) is 42.6 Å². The van der Waals surface area contributed by atoms with E-state index >= 15 is 0 Å². The number of rotatable bonds is 7. The molecule has 2 aromatic carbocycles. The van der Waals surface area contributed by atoms with Crippen LogP contribution in [0.3, 0.4) is 0 Å². The molecule has 1 heterocycles. The minimum absolute atomic E-state index is 0.0282. The number of amides is 4. The Labute approximate surface area is 169 Å². The quantitative estimate of drug-likeness (QED) is 0.707. The fourth-order valence-electron chi connectivity index (χ4n) is 3.16. The standard InChI is InChI=1S/C22H23N3O4/c1-3-19(26)24-16-10-8-15(9-11-16)14(2)23-20(27)12-13-25-21(28)17-6-4-5-7-18(17)22(25)29/h4-11,14H,3,12-13H2,1-2H3,(H,23,27)(H,24,26). The van der Waals surface area contributed by atoms with Crippen LogP contribution >= 0.6 is 0 Å². The van der Waals surface area contributed by atoms with Crippen molar-refractivity contribution in [3.05, 3.63) is 65.2 Å². The molecule has 0 aromatic heterocycles. The average Bonchev–Trinajstić information content (AvgIpc) is 2.97. The molecule has 29 heavy (non-hydrogen) atoms. The Morgan fingerprint density at radius 3 is 2.07 bits per heavy atom. The van der Waals surface area contributed by atoms with E-state index in [0.717, 1.165) is 10.5 Å². The molecule has 0 radical (unpaired) electrons. The van der Waals surface area contributed by atoms with E-state index in [9.17, 15) is 19.2 Å². The summed E-state index contributed by atoms with van der Waals surface area (Å²) in [5.41, 5.74) is 2.33.